The average molecular weight is 647 g/mol. The van der Waals surface area contributed by atoms with E-state index >= 15 is 0 Å². The van der Waals surface area contributed by atoms with Crippen LogP contribution >= 0.6 is 27.5 Å². The molecule has 2 amide bonds. The van der Waals surface area contributed by atoms with Crippen LogP contribution in [0.1, 0.15) is 43.7 Å². The van der Waals surface area contributed by atoms with E-state index in [2.05, 4.69) is 21.2 Å². The Hall–Kier alpha value is -2.88. The van der Waals surface area contributed by atoms with Crippen LogP contribution in [-0.2, 0) is 26.2 Å². The number of sulfonamides is 1. The predicted octanol–water partition coefficient (Wildman–Crippen LogP) is 6.08. The van der Waals surface area contributed by atoms with Crippen molar-refractivity contribution in [3.8, 4) is 0 Å². The van der Waals surface area contributed by atoms with E-state index in [0.717, 1.165) is 45.6 Å². The lowest BCUT2D eigenvalue weighted by Crippen LogP contribution is -2.52. The Morgan fingerprint density at radius 3 is 2.30 bits per heavy atom. The first-order valence-electron chi connectivity index (χ1n) is 13.2. The zero-order valence-corrected chi connectivity index (χ0v) is 25.7. The molecule has 40 heavy (non-hydrogen) atoms. The van der Waals surface area contributed by atoms with Crippen LogP contribution in [0, 0.1) is 6.92 Å². The lowest BCUT2D eigenvalue weighted by molar-refractivity contribution is -0.139. The van der Waals surface area contributed by atoms with Crippen molar-refractivity contribution in [2.45, 2.75) is 63.1 Å². The van der Waals surface area contributed by atoms with E-state index in [4.69, 9.17) is 11.6 Å². The number of nitrogens with one attached hydrogen (secondary N) is 1. The summed E-state index contributed by atoms with van der Waals surface area (Å²) in [7, 11) is -4.12. The monoisotopic (exact) mass is 645 g/mol. The van der Waals surface area contributed by atoms with Gasteiger partial charge in [0.2, 0.25) is 11.8 Å². The fourth-order valence-electron chi connectivity index (χ4n) is 4.78. The molecule has 10 heteroatoms. The second kappa shape index (κ2) is 13.2. The number of hydrogen-bond donors (Lipinski definition) is 1. The van der Waals surface area contributed by atoms with Crippen LogP contribution in [0.2, 0.25) is 5.02 Å². The zero-order valence-electron chi connectivity index (χ0n) is 22.5. The number of aryl methyl sites for hydroxylation is 1. The molecule has 1 atom stereocenters. The molecule has 0 aliphatic heterocycles. The summed E-state index contributed by atoms with van der Waals surface area (Å²) in [5.41, 5.74) is 2.02. The molecular weight excluding hydrogens is 614 g/mol. The summed E-state index contributed by atoms with van der Waals surface area (Å²) in [5.74, 6) is -0.755. The van der Waals surface area contributed by atoms with Crippen LogP contribution in [0.15, 0.2) is 82.2 Å². The third-order valence-electron chi connectivity index (χ3n) is 7.11. The van der Waals surface area contributed by atoms with Crippen LogP contribution in [0.3, 0.4) is 0 Å². The maximum Gasteiger partial charge on any atom is 0.264 e. The van der Waals surface area contributed by atoms with Crippen molar-refractivity contribution in [3.63, 3.8) is 0 Å². The van der Waals surface area contributed by atoms with Crippen LogP contribution in [0.25, 0.3) is 0 Å². The third-order valence-corrected chi connectivity index (χ3v) is 9.65. The Balaban J connectivity index is 1.68. The number of benzene rings is 3. The molecule has 3 aromatic carbocycles. The second-order valence-corrected chi connectivity index (χ2v) is 13.3. The molecule has 0 bridgehead atoms. The molecule has 1 saturated carbocycles. The van der Waals surface area contributed by atoms with Gasteiger partial charge < -0.3 is 10.2 Å². The highest BCUT2D eigenvalue weighted by Gasteiger charge is 2.33. The molecule has 1 fully saturated rings. The van der Waals surface area contributed by atoms with Gasteiger partial charge in [-0.1, -0.05) is 70.2 Å². The Morgan fingerprint density at radius 1 is 1.02 bits per heavy atom. The number of amides is 2. The van der Waals surface area contributed by atoms with E-state index in [1.807, 2.05) is 31.2 Å². The summed E-state index contributed by atoms with van der Waals surface area (Å²) in [6.07, 6.45) is 3.95. The van der Waals surface area contributed by atoms with Gasteiger partial charge in [0.05, 0.1) is 10.6 Å². The fourth-order valence-corrected chi connectivity index (χ4v) is 6.77. The minimum absolute atomic E-state index is 0.0615. The summed E-state index contributed by atoms with van der Waals surface area (Å²) in [6, 6.07) is 19.5. The topological polar surface area (TPSA) is 86.8 Å². The van der Waals surface area contributed by atoms with Gasteiger partial charge in [0.1, 0.15) is 12.6 Å². The van der Waals surface area contributed by atoms with Crippen molar-refractivity contribution in [2.24, 2.45) is 0 Å². The lowest BCUT2D eigenvalue weighted by atomic mass is 10.1. The van der Waals surface area contributed by atoms with E-state index in [1.54, 1.807) is 43.3 Å². The average Bonchev–Trinajstić information content (AvgIpc) is 3.44. The highest BCUT2D eigenvalue weighted by molar-refractivity contribution is 9.10. The molecule has 0 heterocycles. The molecule has 1 aliphatic carbocycles. The highest BCUT2D eigenvalue weighted by atomic mass is 79.9. The number of hydrogen-bond acceptors (Lipinski definition) is 4. The Kier molecular flexibility index (Phi) is 9.92. The van der Waals surface area contributed by atoms with E-state index in [-0.39, 0.29) is 23.4 Å². The summed E-state index contributed by atoms with van der Waals surface area (Å²) < 4.78 is 29.6. The maximum absolute atomic E-state index is 14.0. The molecule has 0 unspecified atom stereocenters. The maximum atomic E-state index is 14.0. The van der Waals surface area contributed by atoms with E-state index in [9.17, 15) is 18.0 Å². The SMILES string of the molecule is Cc1ccc(S(=O)(=O)N(CC(=O)N(Cc2cccc(Br)c2)[C@H](C)C(=O)NC2CCCC2)c2ccc(Cl)cc2)cc1. The normalized spacial score (nSPS) is 14.5. The van der Waals surface area contributed by atoms with Crippen molar-refractivity contribution in [2.75, 3.05) is 10.8 Å². The first-order valence-corrected chi connectivity index (χ1v) is 15.8. The van der Waals surface area contributed by atoms with Gasteiger partial charge in [-0.3, -0.25) is 13.9 Å². The fraction of sp³-hybridized carbons (Fsp3) is 0.333. The van der Waals surface area contributed by atoms with Crippen molar-refractivity contribution in [3.05, 3.63) is 93.4 Å². The number of rotatable bonds is 10. The van der Waals surface area contributed by atoms with Gasteiger partial charge in [0, 0.05) is 22.1 Å². The molecule has 0 aromatic heterocycles. The Morgan fingerprint density at radius 2 is 1.68 bits per heavy atom. The molecule has 1 aliphatic rings. The van der Waals surface area contributed by atoms with Crippen molar-refractivity contribution in [1.29, 1.82) is 0 Å². The molecule has 3 aromatic rings. The molecular formula is C30H33BrClN3O4S. The highest BCUT2D eigenvalue weighted by Crippen LogP contribution is 2.27. The van der Waals surface area contributed by atoms with Gasteiger partial charge in [0.25, 0.3) is 10.0 Å². The van der Waals surface area contributed by atoms with Gasteiger partial charge in [-0.05, 0) is 80.8 Å². The number of carbonyl (C=O) groups excluding carboxylic acids is 2. The number of anilines is 1. The summed E-state index contributed by atoms with van der Waals surface area (Å²) >= 11 is 9.55. The molecule has 212 valence electrons. The summed E-state index contributed by atoms with van der Waals surface area (Å²) in [4.78, 5) is 28.8. The first-order chi connectivity index (χ1) is 19.0. The van der Waals surface area contributed by atoms with Gasteiger partial charge in [-0.15, -0.1) is 0 Å². The molecule has 0 saturated heterocycles. The quantitative estimate of drug-likeness (QED) is 0.289. The van der Waals surface area contributed by atoms with Gasteiger partial charge in [0.15, 0.2) is 0 Å². The molecule has 7 nitrogen and oxygen atoms in total. The van der Waals surface area contributed by atoms with Gasteiger partial charge in [-0.25, -0.2) is 8.42 Å². The summed E-state index contributed by atoms with van der Waals surface area (Å²) in [6.45, 7) is 3.19. The molecule has 0 spiro atoms. The number of carbonyl (C=O) groups is 2. The second-order valence-electron chi connectivity index (χ2n) is 10.1. The van der Waals surface area contributed by atoms with Crippen molar-refractivity contribution < 1.29 is 18.0 Å². The third kappa shape index (κ3) is 7.44. The summed E-state index contributed by atoms with van der Waals surface area (Å²) in [5, 5.41) is 3.52. The minimum Gasteiger partial charge on any atom is -0.352 e. The van der Waals surface area contributed by atoms with Crippen LogP contribution < -0.4 is 9.62 Å². The van der Waals surface area contributed by atoms with Gasteiger partial charge in [-0.2, -0.15) is 0 Å². The van der Waals surface area contributed by atoms with E-state index < -0.39 is 28.5 Å². The predicted molar refractivity (Wildman–Crippen MR) is 162 cm³/mol. The minimum atomic E-state index is -4.12. The first kappa shape index (κ1) is 30.1. The van der Waals surface area contributed by atoms with Crippen LogP contribution in [0.4, 0.5) is 5.69 Å². The van der Waals surface area contributed by atoms with E-state index in [0.29, 0.717) is 10.7 Å². The number of halogens is 2. The number of nitrogens with zero attached hydrogens (tertiary/aromatic N) is 2. The van der Waals surface area contributed by atoms with Crippen molar-refractivity contribution >= 4 is 55.1 Å². The lowest BCUT2D eigenvalue weighted by Gasteiger charge is -2.32. The Labute approximate surface area is 249 Å². The van der Waals surface area contributed by atoms with Crippen LogP contribution in [-0.4, -0.2) is 43.8 Å². The Bertz CT molecular complexity index is 1440. The molecule has 4 rings (SSSR count). The van der Waals surface area contributed by atoms with Crippen LogP contribution in [0.5, 0.6) is 0 Å². The van der Waals surface area contributed by atoms with Crippen molar-refractivity contribution in [1.82, 2.24) is 10.2 Å². The van der Waals surface area contributed by atoms with E-state index in [1.165, 1.54) is 17.0 Å². The zero-order chi connectivity index (χ0) is 28.9. The smallest absolute Gasteiger partial charge is 0.264 e. The standard InChI is InChI=1S/C30H33BrClN3O4S/c1-21-10-16-28(17-11-21)40(38,39)35(27-14-12-25(32)13-15-27)20-29(36)34(19-23-6-5-7-24(31)18-23)22(2)30(37)33-26-8-3-4-9-26/h5-7,10-18,22,26H,3-4,8-9,19-20H2,1-2H3,(H,33,37)/t22-/m1/s1. The molecule has 1 N–H and O–H groups in total. The molecule has 0 radical (unpaired) electrons. The largest absolute Gasteiger partial charge is 0.352 e. The van der Waals surface area contributed by atoms with Gasteiger partial charge >= 0.3 is 0 Å².